The Kier molecular flexibility index (Phi) is 4.73. The van der Waals surface area contributed by atoms with Gasteiger partial charge in [0.15, 0.2) is 6.07 Å². The second-order valence-corrected chi connectivity index (χ2v) is 4.27. The molecule has 18 heavy (non-hydrogen) atoms. The molecular weight excluding hydrogens is 228 g/mol. The number of carbonyl (C=O) groups excluding carboxylic acids is 1. The van der Waals surface area contributed by atoms with Crippen LogP contribution in [0, 0.1) is 25.2 Å². The van der Waals surface area contributed by atoms with Gasteiger partial charge < -0.3 is 9.64 Å². The van der Waals surface area contributed by atoms with Crippen LogP contribution in [0.5, 0.6) is 5.75 Å². The maximum Gasteiger partial charge on any atom is 0.324 e. The number of hydrogen-bond donors (Lipinski definition) is 0. The van der Waals surface area contributed by atoms with E-state index in [9.17, 15) is 4.79 Å². The monoisotopic (exact) mass is 246 g/mol. The number of hydrogen-bond acceptors (Lipinski definition) is 3. The number of benzene rings is 1. The van der Waals surface area contributed by atoms with Crippen molar-refractivity contribution in [3.05, 3.63) is 28.8 Å². The van der Waals surface area contributed by atoms with Crippen molar-refractivity contribution < 1.29 is 9.53 Å². The van der Waals surface area contributed by atoms with Gasteiger partial charge in [-0.25, -0.2) is 0 Å². The van der Waals surface area contributed by atoms with E-state index >= 15 is 0 Å². The second kappa shape index (κ2) is 6.06. The highest BCUT2D eigenvalue weighted by Crippen LogP contribution is 2.24. The van der Waals surface area contributed by atoms with E-state index in [0.717, 1.165) is 17.7 Å². The molecule has 0 heterocycles. The van der Waals surface area contributed by atoms with E-state index in [0.29, 0.717) is 6.54 Å². The average molecular weight is 246 g/mol. The topological polar surface area (TPSA) is 53.3 Å². The fourth-order valence-corrected chi connectivity index (χ4v) is 1.82. The summed E-state index contributed by atoms with van der Waals surface area (Å²) in [6.45, 7) is 4.60. The van der Waals surface area contributed by atoms with E-state index in [2.05, 4.69) is 0 Å². The van der Waals surface area contributed by atoms with E-state index < -0.39 is 5.91 Å². The van der Waals surface area contributed by atoms with Crippen LogP contribution in [0.4, 0.5) is 0 Å². The number of nitrogens with zero attached hydrogens (tertiary/aromatic N) is 2. The van der Waals surface area contributed by atoms with Crippen LogP contribution in [0.2, 0.25) is 0 Å². The van der Waals surface area contributed by atoms with Crippen LogP contribution in [-0.2, 0) is 11.2 Å². The Labute approximate surface area is 108 Å². The zero-order valence-corrected chi connectivity index (χ0v) is 11.3. The predicted octanol–water partition coefficient (Wildman–Crippen LogP) is 1.84. The van der Waals surface area contributed by atoms with Crippen molar-refractivity contribution in [1.29, 1.82) is 5.26 Å². The van der Waals surface area contributed by atoms with Crippen molar-refractivity contribution in [3.8, 4) is 11.8 Å². The molecule has 0 N–H and O–H groups in total. The third-order valence-corrected chi connectivity index (χ3v) is 3.23. The fourth-order valence-electron chi connectivity index (χ4n) is 1.82. The minimum absolute atomic E-state index is 0.502. The molecule has 0 unspecified atom stereocenters. The summed E-state index contributed by atoms with van der Waals surface area (Å²) in [7, 11) is 3.29. The van der Waals surface area contributed by atoms with Crippen molar-refractivity contribution in [2.24, 2.45) is 0 Å². The normalized spacial score (nSPS) is 9.72. The molecule has 96 valence electrons. The first-order chi connectivity index (χ1) is 8.51. The summed E-state index contributed by atoms with van der Waals surface area (Å²) in [6, 6.07) is 5.55. The molecule has 0 aliphatic rings. The van der Waals surface area contributed by atoms with Gasteiger partial charge in [0.2, 0.25) is 0 Å². The minimum atomic E-state index is -0.502. The Balaban J connectivity index is 2.78. The SMILES string of the molecule is COc1ccc(CCN(C)C(=O)C#N)c(C)c1C. The standard InChI is InChI=1S/C14H18N2O2/c1-10-11(2)13(18-4)6-5-12(10)7-8-16(3)14(17)9-15/h5-6H,7-8H2,1-4H3. The van der Waals surface area contributed by atoms with Gasteiger partial charge in [-0.1, -0.05) is 6.07 Å². The second-order valence-electron chi connectivity index (χ2n) is 4.27. The molecule has 0 aromatic heterocycles. The fraction of sp³-hybridized carbons (Fsp3) is 0.429. The number of nitriles is 1. The number of amides is 1. The molecule has 0 saturated heterocycles. The van der Waals surface area contributed by atoms with Crippen LogP contribution in [0.15, 0.2) is 12.1 Å². The molecule has 0 fully saturated rings. The first-order valence-electron chi connectivity index (χ1n) is 5.79. The maximum absolute atomic E-state index is 11.1. The van der Waals surface area contributed by atoms with Crippen LogP contribution in [-0.4, -0.2) is 31.5 Å². The lowest BCUT2D eigenvalue weighted by Gasteiger charge is -2.16. The minimum Gasteiger partial charge on any atom is -0.496 e. The number of methoxy groups -OCH3 is 1. The van der Waals surface area contributed by atoms with Crippen LogP contribution < -0.4 is 4.74 Å². The molecule has 0 aliphatic carbocycles. The van der Waals surface area contributed by atoms with E-state index in [1.807, 2.05) is 26.0 Å². The molecule has 4 nitrogen and oxygen atoms in total. The van der Waals surface area contributed by atoms with Crippen molar-refractivity contribution in [3.63, 3.8) is 0 Å². The summed E-state index contributed by atoms with van der Waals surface area (Å²) in [4.78, 5) is 12.6. The van der Waals surface area contributed by atoms with Gasteiger partial charge in [-0.05, 0) is 43.0 Å². The van der Waals surface area contributed by atoms with Crippen LogP contribution in [0.3, 0.4) is 0 Å². The molecule has 1 amide bonds. The van der Waals surface area contributed by atoms with E-state index in [1.165, 1.54) is 16.0 Å². The van der Waals surface area contributed by atoms with Crippen LogP contribution >= 0.6 is 0 Å². The Morgan fingerprint density at radius 1 is 1.39 bits per heavy atom. The highest BCUT2D eigenvalue weighted by Gasteiger charge is 2.10. The number of likely N-dealkylation sites (N-methyl/N-ethyl adjacent to an activating group) is 1. The average Bonchev–Trinajstić information content (AvgIpc) is 2.39. The molecule has 1 aromatic carbocycles. The summed E-state index contributed by atoms with van der Waals surface area (Å²) >= 11 is 0. The molecular formula is C14H18N2O2. The zero-order valence-electron chi connectivity index (χ0n) is 11.3. The smallest absolute Gasteiger partial charge is 0.324 e. The lowest BCUT2D eigenvalue weighted by molar-refractivity contribution is -0.124. The summed E-state index contributed by atoms with van der Waals surface area (Å²) in [5.41, 5.74) is 3.46. The molecule has 0 saturated carbocycles. The number of carbonyl (C=O) groups is 1. The highest BCUT2D eigenvalue weighted by atomic mass is 16.5. The molecule has 0 atom stereocenters. The van der Waals surface area contributed by atoms with E-state index in [-0.39, 0.29) is 0 Å². The third-order valence-electron chi connectivity index (χ3n) is 3.23. The molecule has 4 heteroatoms. The van der Waals surface area contributed by atoms with Crippen LogP contribution in [0.1, 0.15) is 16.7 Å². The van der Waals surface area contributed by atoms with Crippen molar-refractivity contribution >= 4 is 5.91 Å². The summed E-state index contributed by atoms with van der Waals surface area (Å²) in [5.74, 6) is 0.371. The maximum atomic E-state index is 11.1. The van der Waals surface area contributed by atoms with Gasteiger partial charge in [0.25, 0.3) is 0 Å². The van der Waals surface area contributed by atoms with Gasteiger partial charge in [-0.15, -0.1) is 0 Å². The number of rotatable bonds is 4. The number of ether oxygens (including phenoxy) is 1. The van der Waals surface area contributed by atoms with Gasteiger partial charge in [-0.3, -0.25) is 4.79 Å². The molecule has 0 bridgehead atoms. The third kappa shape index (κ3) is 3.01. The lowest BCUT2D eigenvalue weighted by atomic mass is 10.00. The zero-order chi connectivity index (χ0) is 13.7. The van der Waals surface area contributed by atoms with Crippen molar-refractivity contribution in [2.45, 2.75) is 20.3 Å². The molecule has 1 rings (SSSR count). The first kappa shape index (κ1) is 14.0. The Hall–Kier alpha value is -2.02. The summed E-state index contributed by atoms with van der Waals surface area (Å²) < 4.78 is 5.25. The Morgan fingerprint density at radius 3 is 2.61 bits per heavy atom. The lowest BCUT2D eigenvalue weighted by Crippen LogP contribution is -2.27. The van der Waals surface area contributed by atoms with Crippen LogP contribution in [0.25, 0.3) is 0 Å². The largest absolute Gasteiger partial charge is 0.496 e. The molecule has 0 spiro atoms. The van der Waals surface area contributed by atoms with Crippen molar-refractivity contribution in [2.75, 3.05) is 20.7 Å². The first-order valence-corrected chi connectivity index (χ1v) is 5.79. The van der Waals surface area contributed by atoms with E-state index in [4.69, 9.17) is 10.00 Å². The van der Waals surface area contributed by atoms with Crippen molar-refractivity contribution in [1.82, 2.24) is 4.90 Å². The Bertz CT molecular complexity index is 489. The quantitative estimate of drug-likeness (QED) is 0.762. The summed E-state index contributed by atoms with van der Waals surface area (Å²) in [6.07, 6.45) is 0.737. The highest BCUT2D eigenvalue weighted by molar-refractivity contribution is 5.90. The Morgan fingerprint density at radius 2 is 2.06 bits per heavy atom. The molecule has 0 aliphatic heterocycles. The van der Waals surface area contributed by atoms with Gasteiger partial charge in [0, 0.05) is 13.6 Å². The predicted molar refractivity (Wildman–Crippen MR) is 69.4 cm³/mol. The van der Waals surface area contributed by atoms with Gasteiger partial charge in [0.1, 0.15) is 5.75 Å². The van der Waals surface area contributed by atoms with Gasteiger partial charge >= 0.3 is 5.91 Å². The molecule has 1 aromatic rings. The van der Waals surface area contributed by atoms with Gasteiger partial charge in [0.05, 0.1) is 7.11 Å². The molecule has 0 radical (unpaired) electrons. The van der Waals surface area contributed by atoms with Gasteiger partial charge in [-0.2, -0.15) is 5.26 Å². The van der Waals surface area contributed by atoms with E-state index in [1.54, 1.807) is 20.2 Å². The summed E-state index contributed by atoms with van der Waals surface area (Å²) in [5, 5.41) is 8.51.